The Morgan fingerprint density at radius 1 is 1.26 bits per heavy atom. The molecule has 1 aromatic heterocycles. The fraction of sp³-hybridized carbons (Fsp3) is 0.867. The highest BCUT2D eigenvalue weighted by molar-refractivity contribution is 4.99. The molecule has 2 atom stereocenters. The third-order valence-electron chi connectivity index (χ3n) is 4.03. The standard InChI is InChI=1S/C15H28N4/c1-5-14-17-15(6-2)19(18-14)13-8-7-12(13)10-16-9-11(3)4/h11-13,16H,5-10H2,1-4H3. The van der Waals surface area contributed by atoms with Crippen molar-refractivity contribution in [1.29, 1.82) is 0 Å². The van der Waals surface area contributed by atoms with E-state index in [1.165, 1.54) is 12.8 Å². The second kappa shape index (κ2) is 6.51. The van der Waals surface area contributed by atoms with Crippen molar-refractivity contribution in [3.05, 3.63) is 11.6 Å². The van der Waals surface area contributed by atoms with Gasteiger partial charge in [0.1, 0.15) is 5.82 Å². The lowest BCUT2D eigenvalue weighted by Gasteiger charge is -2.37. The maximum Gasteiger partial charge on any atom is 0.150 e. The van der Waals surface area contributed by atoms with Gasteiger partial charge in [-0.2, -0.15) is 5.10 Å². The van der Waals surface area contributed by atoms with Gasteiger partial charge in [-0.3, -0.25) is 0 Å². The fourth-order valence-electron chi connectivity index (χ4n) is 2.73. The summed E-state index contributed by atoms with van der Waals surface area (Å²) >= 11 is 0. The number of aryl methyl sites for hydroxylation is 2. The minimum absolute atomic E-state index is 0.572. The van der Waals surface area contributed by atoms with Crippen molar-refractivity contribution in [3.63, 3.8) is 0 Å². The Hall–Kier alpha value is -0.900. The van der Waals surface area contributed by atoms with Crippen molar-refractivity contribution in [1.82, 2.24) is 20.1 Å². The molecule has 0 aliphatic heterocycles. The van der Waals surface area contributed by atoms with Crippen LogP contribution in [0.3, 0.4) is 0 Å². The number of aromatic nitrogens is 3. The predicted octanol–water partition coefficient (Wildman–Crippen LogP) is 2.60. The maximum atomic E-state index is 4.69. The van der Waals surface area contributed by atoms with Gasteiger partial charge in [0.25, 0.3) is 0 Å². The topological polar surface area (TPSA) is 42.7 Å². The fourth-order valence-corrected chi connectivity index (χ4v) is 2.73. The molecule has 1 heterocycles. The van der Waals surface area contributed by atoms with Crippen LogP contribution in [0.4, 0.5) is 0 Å². The smallest absolute Gasteiger partial charge is 0.150 e. The largest absolute Gasteiger partial charge is 0.316 e. The van der Waals surface area contributed by atoms with E-state index in [1.807, 2.05) is 0 Å². The zero-order valence-corrected chi connectivity index (χ0v) is 12.8. The Morgan fingerprint density at radius 3 is 2.58 bits per heavy atom. The molecule has 4 nitrogen and oxygen atoms in total. The van der Waals surface area contributed by atoms with Gasteiger partial charge in [-0.15, -0.1) is 0 Å². The Kier molecular flexibility index (Phi) is 4.97. The molecule has 19 heavy (non-hydrogen) atoms. The van der Waals surface area contributed by atoms with Crippen molar-refractivity contribution in [2.75, 3.05) is 13.1 Å². The molecule has 1 aliphatic rings. The van der Waals surface area contributed by atoms with Gasteiger partial charge in [-0.25, -0.2) is 9.67 Å². The van der Waals surface area contributed by atoms with Crippen molar-refractivity contribution in [3.8, 4) is 0 Å². The molecule has 0 radical (unpaired) electrons. The third kappa shape index (κ3) is 3.35. The maximum absolute atomic E-state index is 4.69. The SMILES string of the molecule is CCc1nc(CC)n(C2CCC2CNCC(C)C)n1. The van der Waals surface area contributed by atoms with Gasteiger partial charge < -0.3 is 5.32 Å². The number of nitrogens with zero attached hydrogens (tertiary/aromatic N) is 3. The first-order chi connectivity index (χ1) is 9.15. The first kappa shape index (κ1) is 14.5. The lowest BCUT2D eigenvalue weighted by Crippen LogP contribution is -2.39. The Balaban J connectivity index is 1.95. The monoisotopic (exact) mass is 264 g/mol. The van der Waals surface area contributed by atoms with Gasteiger partial charge in [0, 0.05) is 19.4 Å². The lowest BCUT2D eigenvalue weighted by molar-refractivity contribution is 0.157. The molecule has 108 valence electrons. The summed E-state index contributed by atoms with van der Waals surface area (Å²) in [5.74, 6) is 3.62. The second-order valence-corrected chi connectivity index (χ2v) is 6.05. The predicted molar refractivity (Wildman–Crippen MR) is 78.2 cm³/mol. The van der Waals surface area contributed by atoms with Crippen LogP contribution in [-0.2, 0) is 12.8 Å². The zero-order chi connectivity index (χ0) is 13.8. The van der Waals surface area contributed by atoms with Crippen molar-refractivity contribution >= 4 is 0 Å². The normalized spacial score (nSPS) is 22.8. The van der Waals surface area contributed by atoms with E-state index >= 15 is 0 Å². The molecular weight excluding hydrogens is 236 g/mol. The molecule has 0 amide bonds. The molecule has 1 saturated carbocycles. The Labute approximate surface area is 117 Å². The van der Waals surface area contributed by atoms with Gasteiger partial charge in [-0.05, 0) is 31.2 Å². The molecule has 4 heteroatoms. The number of hydrogen-bond acceptors (Lipinski definition) is 3. The summed E-state index contributed by atoms with van der Waals surface area (Å²) in [4.78, 5) is 4.62. The number of nitrogens with one attached hydrogen (secondary N) is 1. The minimum atomic E-state index is 0.572. The second-order valence-electron chi connectivity index (χ2n) is 6.05. The molecular formula is C15H28N4. The van der Waals surface area contributed by atoms with Gasteiger partial charge in [0.2, 0.25) is 0 Å². The molecule has 1 aliphatic carbocycles. The van der Waals surface area contributed by atoms with E-state index in [-0.39, 0.29) is 0 Å². The highest BCUT2D eigenvalue weighted by Crippen LogP contribution is 2.38. The summed E-state index contributed by atoms with van der Waals surface area (Å²) in [6.07, 6.45) is 4.49. The van der Waals surface area contributed by atoms with Gasteiger partial charge in [0.05, 0.1) is 6.04 Å². The van der Waals surface area contributed by atoms with Crippen molar-refractivity contribution < 1.29 is 0 Å². The summed E-state index contributed by atoms with van der Waals surface area (Å²) in [6, 6.07) is 0.572. The van der Waals surface area contributed by atoms with Crippen LogP contribution in [0.25, 0.3) is 0 Å². The highest BCUT2D eigenvalue weighted by atomic mass is 15.4. The van der Waals surface area contributed by atoms with E-state index in [9.17, 15) is 0 Å². The molecule has 2 rings (SSSR count). The van der Waals surface area contributed by atoms with Crippen LogP contribution in [0, 0.1) is 11.8 Å². The zero-order valence-electron chi connectivity index (χ0n) is 12.8. The van der Waals surface area contributed by atoms with E-state index in [0.29, 0.717) is 6.04 Å². The Bertz CT molecular complexity index is 397. The minimum Gasteiger partial charge on any atom is -0.316 e. The van der Waals surface area contributed by atoms with Crippen LogP contribution in [0.1, 0.15) is 58.2 Å². The van der Waals surface area contributed by atoms with E-state index in [4.69, 9.17) is 5.10 Å². The molecule has 0 bridgehead atoms. The molecule has 0 saturated heterocycles. The van der Waals surface area contributed by atoms with Crippen LogP contribution in [0.15, 0.2) is 0 Å². The highest BCUT2D eigenvalue weighted by Gasteiger charge is 2.34. The summed E-state index contributed by atoms with van der Waals surface area (Å²) in [5, 5.41) is 8.28. The van der Waals surface area contributed by atoms with Gasteiger partial charge >= 0.3 is 0 Å². The van der Waals surface area contributed by atoms with Crippen LogP contribution in [0.2, 0.25) is 0 Å². The van der Waals surface area contributed by atoms with Gasteiger partial charge in [0.15, 0.2) is 5.82 Å². The first-order valence-electron chi connectivity index (χ1n) is 7.80. The van der Waals surface area contributed by atoms with E-state index in [1.54, 1.807) is 0 Å². The average Bonchev–Trinajstić information content (AvgIpc) is 2.76. The Morgan fingerprint density at radius 2 is 2.05 bits per heavy atom. The summed E-state index contributed by atoms with van der Waals surface area (Å²) < 4.78 is 2.21. The van der Waals surface area contributed by atoms with Gasteiger partial charge in [-0.1, -0.05) is 27.7 Å². The first-order valence-corrected chi connectivity index (χ1v) is 7.80. The average molecular weight is 264 g/mol. The van der Waals surface area contributed by atoms with Crippen LogP contribution < -0.4 is 5.32 Å². The quantitative estimate of drug-likeness (QED) is 0.823. The summed E-state index contributed by atoms with van der Waals surface area (Å²) in [5.41, 5.74) is 0. The number of hydrogen-bond donors (Lipinski definition) is 1. The molecule has 1 fully saturated rings. The summed E-state index contributed by atoms with van der Waals surface area (Å²) in [7, 11) is 0. The van der Waals surface area contributed by atoms with E-state index < -0.39 is 0 Å². The van der Waals surface area contributed by atoms with Crippen LogP contribution in [0.5, 0.6) is 0 Å². The van der Waals surface area contributed by atoms with Crippen LogP contribution in [-0.4, -0.2) is 27.9 Å². The molecule has 2 unspecified atom stereocenters. The van der Waals surface area contributed by atoms with E-state index in [2.05, 4.69) is 42.7 Å². The summed E-state index contributed by atoms with van der Waals surface area (Å²) in [6.45, 7) is 11.0. The lowest BCUT2D eigenvalue weighted by atomic mass is 9.79. The molecule has 1 aromatic rings. The molecule has 0 spiro atoms. The number of rotatable bonds is 7. The molecule has 0 aromatic carbocycles. The van der Waals surface area contributed by atoms with Crippen molar-refractivity contribution in [2.45, 2.75) is 59.4 Å². The third-order valence-corrected chi connectivity index (χ3v) is 4.03. The van der Waals surface area contributed by atoms with Crippen molar-refractivity contribution in [2.24, 2.45) is 11.8 Å². The molecule has 1 N–H and O–H groups in total. The van der Waals surface area contributed by atoms with Crippen LogP contribution >= 0.6 is 0 Å². The van der Waals surface area contributed by atoms with E-state index in [0.717, 1.165) is 49.4 Å².